The molecule has 1 unspecified atom stereocenters. The van der Waals surface area contributed by atoms with Crippen molar-refractivity contribution in [2.75, 3.05) is 20.8 Å². The van der Waals surface area contributed by atoms with Crippen LogP contribution in [0.2, 0.25) is 0 Å². The first kappa shape index (κ1) is 23.9. The first-order valence-corrected chi connectivity index (χ1v) is 8.48. The Labute approximate surface area is 175 Å². The number of hydrogen-bond donors (Lipinski definition) is 3. The van der Waals surface area contributed by atoms with Crippen molar-refractivity contribution < 1.29 is 23.8 Å². The number of carbonyl (C=O) groups is 2. The van der Waals surface area contributed by atoms with Gasteiger partial charge in [-0.1, -0.05) is 36.4 Å². The van der Waals surface area contributed by atoms with Crippen molar-refractivity contribution >= 4 is 30.1 Å². The van der Waals surface area contributed by atoms with Crippen molar-refractivity contribution in [1.29, 1.82) is 5.41 Å². The lowest BCUT2D eigenvalue weighted by molar-refractivity contribution is -0.142. The lowest BCUT2D eigenvalue weighted by atomic mass is 10.1. The fourth-order valence-electron chi connectivity index (χ4n) is 2.42. The molecule has 0 bridgehead atoms. The summed E-state index contributed by atoms with van der Waals surface area (Å²) in [7, 11) is 2.74. The summed E-state index contributed by atoms with van der Waals surface area (Å²) in [6.45, 7) is 0.129. The number of esters is 1. The Morgan fingerprint density at radius 1 is 1.07 bits per heavy atom. The molecule has 0 heterocycles. The first-order chi connectivity index (χ1) is 13.4. The maximum absolute atomic E-state index is 12.5. The third-order valence-corrected chi connectivity index (χ3v) is 3.97. The second kappa shape index (κ2) is 11.7. The minimum absolute atomic E-state index is 0. The zero-order chi connectivity index (χ0) is 20.5. The molecular weight excluding hydrogens is 398 g/mol. The zero-order valence-corrected chi connectivity index (χ0v) is 17.0. The predicted octanol–water partition coefficient (Wildman–Crippen LogP) is 1.95. The molecule has 8 nitrogen and oxygen atoms in total. The largest absolute Gasteiger partial charge is 0.482 e. The average molecular weight is 422 g/mol. The number of amidine groups is 1. The molecule has 29 heavy (non-hydrogen) atoms. The van der Waals surface area contributed by atoms with Gasteiger partial charge >= 0.3 is 5.97 Å². The summed E-state index contributed by atoms with van der Waals surface area (Å²) in [5, 5.41) is 10.2. The molecule has 2 aromatic rings. The van der Waals surface area contributed by atoms with Gasteiger partial charge in [-0.25, -0.2) is 4.79 Å². The summed E-state index contributed by atoms with van der Waals surface area (Å²) < 4.78 is 15.1. The van der Waals surface area contributed by atoms with Crippen LogP contribution in [0, 0.1) is 5.41 Å². The molecule has 1 atom stereocenters. The maximum Gasteiger partial charge on any atom is 0.343 e. The van der Waals surface area contributed by atoms with Crippen LogP contribution < -0.4 is 15.8 Å². The lowest BCUT2D eigenvalue weighted by Crippen LogP contribution is -2.30. The monoisotopic (exact) mass is 421 g/mol. The molecule has 2 aromatic carbocycles. The molecular formula is C20H24ClN3O5. The fraction of sp³-hybridized carbons (Fsp3) is 0.250. The molecule has 0 saturated carbocycles. The molecule has 4 N–H and O–H groups in total. The van der Waals surface area contributed by atoms with Gasteiger partial charge in [0.2, 0.25) is 0 Å². The molecule has 1 amide bonds. The standard InChI is InChI=1S/C20H23N3O5.ClH/c1-26-17(24)12-28-16-9-7-14(8-10-16)18(27-2)20(25)23-11-13-3-5-15(6-4-13)19(21)22;/h3-10,18H,11-12H2,1-2H3,(H3,21,22)(H,23,25);1H. The molecule has 0 aromatic heterocycles. The van der Waals surface area contributed by atoms with E-state index in [-0.39, 0.29) is 30.8 Å². The smallest absolute Gasteiger partial charge is 0.343 e. The van der Waals surface area contributed by atoms with E-state index in [1.165, 1.54) is 14.2 Å². The average Bonchev–Trinajstić information content (AvgIpc) is 2.72. The molecule has 0 aliphatic carbocycles. The number of nitrogen functional groups attached to an aromatic ring is 1. The van der Waals surface area contributed by atoms with Crippen LogP contribution in [-0.4, -0.2) is 38.5 Å². The summed E-state index contributed by atoms with van der Waals surface area (Å²) in [6, 6.07) is 13.7. The highest BCUT2D eigenvalue weighted by Crippen LogP contribution is 2.21. The summed E-state index contributed by atoms with van der Waals surface area (Å²) in [4.78, 5) is 23.6. The van der Waals surface area contributed by atoms with Gasteiger partial charge in [-0.3, -0.25) is 10.2 Å². The van der Waals surface area contributed by atoms with Gasteiger partial charge in [-0.05, 0) is 23.3 Å². The summed E-state index contributed by atoms with van der Waals surface area (Å²) in [5.74, 6) is -0.292. The Kier molecular flexibility index (Phi) is 9.64. The predicted molar refractivity (Wildman–Crippen MR) is 110 cm³/mol. The third kappa shape index (κ3) is 7.10. The van der Waals surface area contributed by atoms with Gasteiger partial charge in [0.1, 0.15) is 11.6 Å². The molecule has 0 fully saturated rings. The van der Waals surface area contributed by atoms with Gasteiger partial charge < -0.3 is 25.3 Å². The van der Waals surface area contributed by atoms with Crippen molar-refractivity contribution in [1.82, 2.24) is 5.32 Å². The molecule has 156 valence electrons. The molecule has 0 aliphatic rings. The number of benzene rings is 2. The zero-order valence-electron chi connectivity index (χ0n) is 16.1. The van der Waals surface area contributed by atoms with E-state index in [9.17, 15) is 9.59 Å². The van der Waals surface area contributed by atoms with E-state index in [1.54, 1.807) is 48.5 Å². The van der Waals surface area contributed by atoms with Gasteiger partial charge in [0.05, 0.1) is 7.11 Å². The van der Waals surface area contributed by atoms with Crippen LogP contribution >= 0.6 is 12.4 Å². The van der Waals surface area contributed by atoms with Crippen LogP contribution in [0.5, 0.6) is 5.75 Å². The van der Waals surface area contributed by atoms with Crippen molar-refractivity contribution in [3.63, 3.8) is 0 Å². The quantitative estimate of drug-likeness (QED) is 0.323. The number of hydrogen-bond acceptors (Lipinski definition) is 6. The van der Waals surface area contributed by atoms with Crippen molar-refractivity contribution in [3.8, 4) is 5.75 Å². The Morgan fingerprint density at radius 2 is 1.69 bits per heavy atom. The third-order valence-electron chi connectivity index (χ3n) is 3.97. The van der Waals surface area contributed by atoms with Crippen molar-refractivity contribution in [3.05, 3.63) is 65.2 Å². The second-order valence-corrected chi connectivity index (χ2v) is 5.88. The van der Waals surface area contributed by atoms with Crippen molar-refractivity contribution in [2.45, 2.75) is 12.6 Å². The number of carbonyl (C=O) groups excluding carboxylic acids is 2. The lowest BCUT2D eigenvalue weighted by Gasteiger charge is -2.16. The number of nitrogens with one attached hydrogen (secondary N) is 2. The van der Waals surface area contributed by atoms with Crippen LogP contribution in [0.3, 0.4) is 0 Å². The van der Waals surface area contributed by atoms with Gasteiger partial charge in [0.25, 0.3) is 5.91 Å². The number of rotatable bonds is 9. The van der Waals surface area contributed by atoms with E-state index in [4.69, 9.17) is 20.6 Å². The number of amides is 1. The number of methoxy groups -OCH3 is 2. The fourth-order valence-corrected chi connectivity index (χ4v) is 2.42. The van der Waals surface area contributed by atoms with E-state index in [0.29, 0.717) is 23.4 Å². The van der Waals surface area contributed by atoms with E-state index in [2.05, 4.69) is 10.1 Å². The number of nitrogens with two attached hydrogens (primary N) is 1. The van der Waals surface area contributed by atoms with Gasteiger partial charge in [0, 0.05) is 19.2 Å². The van der Waals surface area contributed by atoms with Crippen LogP contribution in [-0.2, 0) is 25.6 Å². The SMILES string of the molecule is COC(=O)COc1ccc(C(OC)C(=O)NCc2ccc(C(=N)N)cc2)cc1.Cl. The molecule has 9 heteroatoms. The van der Waals surface area contributed by atoms with E-state index in [1.807, 2.05) is 0 Å². The normalized spacial score (nSPS) is 11.0. The minimum atomic E-state index is -0.786. The van der Waals surface area contributed by atoms with Gasteiger partial charge in [-0.2, -0.15) is 0 Å². The van der Waals surface area contributed by atoms with Crippen LogP contribution in [0.1, 0.15) is 22.8 Å². The molecule has 0 spiro atoms. The summed E-state index contributed by atoms with van der Waals surface area (Å²) in [6.07, 6.45) is -0.786. The van der Waals surface area contributed by atoms with E-state index >= 15 is 0 Å². The van der Waals surface area contributed by atoms with E-state index in [0.717, 1.165) is 5.56 Å². The highest BCUT2D eigenvalue weighted by molar-refractivity contribution is 5.94. The first-order valence-electron chi connectivity index (χ1n) is 8.48. The van der Waals surface area contributed by atoms with Gasteiger partial charge in [-0.15, -0.1) is 12.4 Å². The Morgan fingerprint density at radius 3 is 2.21 bits per heavy atom. The Balaban J connectivity index is 0.00000420. The molecule has 0 aliphatic heterocycles. The Bertz CT molecular complexity index is 825. The van der Waals surface area contributed by atoms with Crippen LogP contribution in [0.25, 0.3) is 0 Å². The number of ether oxygens (including phenoxy) is 3. The molecule has 0 radical (unpaired) electrons. The Hall–Kier alpha value is -3.10. The maximum atomic E-state index is 12.5. The minimum Gasteiger partial charge on any atom is -0.482 e. The topological polar surface area (TPSA) is 124 Å². The highest BCUT2D eigenvalue weighted by Gasteiger charge is 2.20. The van der Waals surface area contributed by atoms with Gasteiger partial charge in [0.15, 0.2) is 12.7 Å². The van der Waals surface area contributed by atoms with Crippen LogP contribution in [0.15, 0.2) is 48.5 Å². The summed E-state index contributed by atoms with van der Waals surface area (Å²) >= 11 is 0. The summed E-state index contributed by atoms with van der Waals surface area (Å²) in [5.41, 5.74) is 7.57. The highest BCUT2D eigenvalue weighted by atomic mass is 35.5. The molecule has 0 saturated heterocycles. The van der Waals surface area contributed by atoms with Crippen molar-refractivity contribution in [2.24, 2.45) is 5.73 Å². The second-order valence-electron chi connectivity index (χ2n) is 5.88. The number of halogens is 1. The molecule has 2 rings (SSSR count). The van der Waals surface area contributed by atoms with E-state index < -0.39 is 12.1 Å². The van der Waals surface area contributed by atoms with Crippen LogP contribution in [0.4, 0.5) is 0 Å².